The van der Waals surface area contributed by atoms with Crippen molar-refractivity contribution in [2.75, 3.05) is 62.3 Å². The number of rotatable bonds is 5. The molecule has 1 aromatic heterocycles. The molecule has 2 aliphatic rings. The van der Waals surface area contributed by atoms with Gasteiger partial charge in [0.05, 0.1) is 19.3 Å². The molecule has 1 unspecified atom stereocenters. The van der Waals surface area contributed by atoms with Crippen LogP contribution in [0.4, 0.5) is 11.6 Å². The Labute approximate surface area is 161 Å². The van der Waals surface area contributed by atoms with Gasteiger partial charge in [0.1, 0.15) is 18.0 Å². The van der Waals surface area contributed by atoms with E-state index < -0.39 is 0 Å². The van der Waals surface area contributed by atoms with Gasteiger partial charge in [0.15, 0.2) is 0 Å². The molecule has 1 atom stereocenters. The Morgan fingerprint density at radius 2 is 1.69 bits per heavy atom. The summed E-state index contributed by atoms with van der Waals surface area (Å²) in [7, 11) is 0. The zero-order valence-corrected chi connectivity index (χ0v) is 16.2. The highest BCUT2D eigenvalue weighted by Gasteiger charge is 2.25. The summed E-state index contributed by atoms with van der Waals surface area (Å²) in [6, 6.07) is 1.66. The minimum atomic E-state index is -0.372. The quantitative estimate of drug-likeness (QED) is 0.791. The van der Waals surface area contributed by atoms with E-state index in [1.807, 2.05) is 17.9 Å². The number of amides is 1. The Morgan fingerprint density at radius 1 is 1.12 bits per heavy atom. The summed E-state index contributed by atoms with van der Waals surface area (Å²) < 4.78 is 5.40. The fourth-order valence-electron chi connectivity index (χ4n) is 3.30. The van der Waals surface area contributed by atoms with Gasteiger partial charge in [-0.15, -0.1) is 12.4 Å². The molecule has 1 amide bonds. The molecule has 2 N–H and O–H groups in total. The van der Waals surface area contributed by atoms with Crippen LogP contribution in [0.2, 0.25) is 0 Å². The number of nitrogens with zero attached hydrogens (tertiary/aromatic N) is 5. The smallest absolute Gasteiger partial charge is 0.239 e. The average Bonchev–Trinajstić information content (AvgIpc) is 2.68. The number of nitrogens with two attached hydrogens (primary N) is 1. The molecule has 2 aliphatic heterocycles. The zero-order valence-electron chi connectivity index (χ0n) is 15.3. The van der Waals surface area contributed by atoms with E-state index >= 15 is 0 Å². The number of ether oxygens (including phenoxy) is 1. The molecule has 0 radical (unpaired) electrons. The van der Waals surface area contributed by atoms with E-state index in [0.29, 0.717) is 13.1 Å². The maximum atomic E-state index is 12.3. The molecule has 0 aliphatic carbocycles. The summed E-state index contributed by atoms with van der Waals surface area (Å²) in [4.78, 5) is 27.5. The highest BCUT2D eigenvalue weighted by molar-refractivity contribution is 5.85. The molecule has 1 aromatic rings. The van der Waals surface area contributed by atoms with Crippen LogP contribution in [0.1, 0.15) is 19.8 Å². The van der Waals surface area contributed by atoms with Crippen molar-refractivity contribution in [1.29, 1.82) is 0 Å². The van der Waals surface area contributed by atoms with Gasteiger partial charge in [0, 0.05) is 45.3 Å². The molecule has 8 nitrogen and oxygen atoms in total. The van der Waals surface area contributed by atoms with Crippen LogP contribution in [0, 0.1) is 0 Å². The molecule has 2 saturated heterocycles. The second-order valence-corrected chi connectivity index (χ2v) is 6.54. The average molecular weight is 385 g/mol. The van der Waals surface area contributed by atoms with Gasteiger partial charge in [-0.3, -0.25) is 4.79 Å². The van der Waals surface area contributed by atoms with Crippen LogP contribution in [0.25, 0.3) is 0 Å². The van der Waals surface area contributed by atoms with Crippen molar-refractivity contribution in [3.63, 3.8) is 0 Å². The third-order valence-corrected chi connectivity index (χ3v) is 4.81. The number of hydrogen-bond acceptors (Lipinski definition) is 7. The summed E-state index contributed by atoms with van der Waals surface area (Å²) in [5.74, 6) is 1.93. The summed E-state index contributed by atoms with van der Waals surface area (Å²) in [6.45, 7) is 8.14. The Hall–Kier alpha value is -1.64. The summed E-state index contributed by atoms with van der Waals surface area (Å²) in [5.41, 5.74) is 5.97. The third kappa shape index (κ3) is 4.96. The lowest BCUT2D eigenvalue weighted by Gasteiger charge is -2.37. The van der Waals surface area contributed by atoms with Gasteiger partial charge < -0.3 is 25.2 Å². The summed E-state index contributed by atoms with van der Waals surface area (Å²) in [5, 5.41) is 0. The van der Waals surface area contributed by atoms with E-state index in [4.69, 9.17) is 10.5 Å². The number of piperazine rings is 1. The molecule has 3 heterocycles. The molecular formula is C17H29ClN6O2. The first kappa shape index (κ1) is 20.7. The number of anilines is 2. The molecule has 3 rings (SSSR count). The van der Waals surface area contributed by atoms with E-state index in [9.17, 15) is 4.79 Å². The topological polar surface area (TPSA) is 87.8 Å². The van der Waals surface area contributed by atoms with E-state index in [-0.39, 0.29) is 24.4 Å². The van der Waals surface area contributed by atoms with Gasteiger partial charge in [0.2, 0.25) is 5.91 Å². The molecule has 9 heteroatoms. The van der Waals surface area contributed by atoms with Crippen molar-refractivity contribution in [3.05, 3.63) is 12.4 Å². The predicted octanol–water partition coefficient (Wildman–Crippen LogP) is 0.511. The number of carbonyl (C=O) groups excluding carboxylic acids is 1. The van der Waals surface area contributed by atoms with Gasteiger partial charge >= 0.3 is 0 Å². The Morgan fingerprint density at radius 3 is 2.27 bits per heavy atom. The minimum Gasteiger partial charge on any atom is -0.378 e. The number of morpholine rings is 1. The minimum absolute atomic E-state index is 0. The monoisotopic (exact) mass is 384 g/mol. The largest absolute Gasteiger partial charge is 0.378 e. The number of carbonyl (C=O) groups is 1. The SMILES string of the molecule is CCCC(N)C(=O)N1CCN(c2cc(N3CCOCC3)ncn2)CC1.Cl. The maximum absolute atomic E-state index is 12.3. The van der Waals surface area contributed by atoms with E-state index in [2.05, 4.69) is 19.8 Å². The van der Waals surface area contributed by atoms with Gasteiger partial charge in [-0.05, 0) is 6.42 Å². The fourth-order valence-corrected chi connectivity index (χ4v) is 3.30. The number of halogens is 1. The van der Waals surface area contributed by atoms with Crippen molar-refractivity contribution < 1.29 is 9.53 Å². The standard InChI is InChI=1S/C17H28N6O2.ClH/c1-2-3-14(18)17(24)23-6-4-21(5-7-23)15-12-16(20-13-19-15)22-8-10-25-11-9-22;/h12-14H,2-11,18H2,1H3;1H. The lowest BCUT2D eigenvalue weighted by molar-refractivity contribution is -0.133. The Kier molecular flexibility index (Phi) is 7.86. The maximum Gasteiger partial charge on any atom is 0.239 e. The van der Waals surface area contributed by atoms with Crippen LogP contribution in [0.15, 0.2) is 12.4 Å². The van der Waals surface area contributed by atoms with Crippen molar-refractivity contribution in [2.45, 2.75) is 25.8 Å². The fraction of sp³-hybridized carbons (Fsp3) is 0.706. The van der Waals surface area contributed by atoms with Crippen molar-refractivity contribution in [3.8, 4) is 0 Å². The predicted molar refractivity (Wildman–Crippen MR) is 104 cm³/mol. The van der Waals surface area contributed by atoms with Gasteiger partial charge in [0.25, 0.3) is 0 Å². The highest BCUT2D eigenvalue weighted by Crippen LogP contribution is 2.20. The zero-order chi connectivity index (χ0) is 17.6. The molecule has 0 saturated carbocycles. The van der Waals surface area contributed by atoms with Crippen LogP contribution in [0.3, 0.4) is 0 Å². The Balaban J connectivity index is 0.00000243. The number of hydrogen-bond donors (Lipinski definition) is 1. The van der Waals surface area contributed by atoms with Crippen LogP contribution in [-0.4, -0.2) is 79.3 Å². The van der Waals surface area contributed by atoms with Crippen LogP contribution in [-0.2, 0) is 9.53 Å². The Bertz CT molecular complexity index is 576. The molecule has 26 heavy (non-hydrogen) atoms. The highest BCUT2D eigenvalue weighted by atomic mass is 35.5. The van der Waals surface area contributed by atoms with Crippen molar-refractivity contribution in [1.82, 2.24) is 14.9 Å². The molecule has 0 aromatic carbocycles. The number of aromatic nitrogens is 2. The van der Waals surface area contributed by atoms with Crippen LogP contribution in [0.5, 0.6) is 0 Å². The molecular weight excluding hydrogens is 356 g/mol. The first-order chi connectivity index (χ1) is 12.2. The van der Waals surface area contributed by atoms with Crippen LogP contribution < -0.4 is 15.5 Å². The normalized spacial score (nSPS) is 19.1. The third-order valence-electron chi connectivity index (χ3n) is 4.81. The summed E-state index contributed by atoms with van der Waals surface area (Å²) >= 11 is 0. The van der Waals surface area contributed by atoms with Gasteiger partial charge in [-0.2, -0.15) is 0 Å². The van der Waals surface area contributed by atoms with Crippen molar-refractivity contribution in [2.24, 2.45) is 5.73 Å². The van der Waals surface area contributed by atoms with Gasteiger partial charge in [-0.1, -0.05) is 13.3 Å². The first-order valence-electron chi connectivity index (χ1n) is 9.13. The first-order valence-corrected chi connectivity index (χ1v) is 9.13. The lowest BCUT2D eigenvalue weighted by Crippen LogP contribution is -2.53. The molecule has 0 bridgehead atoms. The van der Waals surface area contributed by atoms with Crippen molar-refractivity contribution >= 4 is 29.9 Å². The van der Waals surface area contributed by atoms with Crippen LogP contribution >= 0.6 is 12.4 Å². The van der Waals surface area contributed by atoms with E-state index in [1.54, 1.807) is 6.33 Å². The lowest BCUT2D eigenvalue weighted by atomic mass is 10.1. The van der Waals surface area contributed by atoms with Gasteiger partial charge in [-0.25, -0.2) is 9.97 Å². The second-order valence-electron chi connectivity index (χ2n) is 6.54. The molecule has 0 spiro atoms. The van der Waals surface area contributed by atoms with E-state index in [0.717, 1.165) is 63.9 Å². The van der Waals surface area contributed by atoms with E-state index in [1.165, 1.54) is 0 Å². The molecule has 146 valence electrons. The summed E-state index contributed by atoms with van der Waals surface area (Å²) in [6.07, 6.45) is 3.29. The molecule has 2 fully saturated rings. The second kappa shape index (κ2) is 9.89.